The van der Waals surface area contributed by atoms with Crippen LogP contribution in [0.5, 0.6) is 0 Å². The van der Waals surface area contributed by atoms with Crippen molar-refractivity contribution in [3.8, 4) is 17.1 Å². The van der Waals surface area contributed by atoms with Crippen molar-refractivity contribution in [2.45, 2.75) is 13.5 Å². The van der Waals surface area contributed by atoms with Gasteiger partial charge in [0.05, 0.1) is 24.2 Å². The molecule has 2 aromatic carbocycles. The van der Waals surface area contributed by atoms with Crippen LogP contribution in [0.1, 0.15) is 22.8 Å². The van der Waals surface area contributed by atoms with Crippen molar-refractivity contribution in [3.05, 3.63) is 96.3 Å². The maximum Gasteiger partial charge on any atom is 0.343 e. The van der Waals surface area contributed by atoms with Crippen LogP contribution in [0.4, 0.5) is 5.82 Å². The molecule has 0 saturated heterocycles. The summed E-state index contributed by atoms with van der Waals surface area (Å²) in [5, 5.41) is 9.19. The summed E-state index contributed by atoms with van der Waals surface area (Å²) < 4.78 is 8.71. The minimum atomic E-state index is -0.450. The van der Waals surface area contributed by atoms with Gasteiger partial charge in [0.25, 0.3) is 0 Å². The molecule has 0 atom stereocenters. The van der Waals surface area contributed by atoms with Gasteiger partial charge < -0.3 is 9.64 Å². The fraction of sp³-hybridized carbons (Fsp3) is 0.154. The lowest BCUT2D eigenvalue weighted by Gasteiger charge is -2.21. The van der Waals surface area contributed by atoms with E-state index in [-0.39, 0.29) is 6.61 Å². The van der Waals surface area contributed by atoms with Gasteiger partial charge in [-0.15, -0.1) is 0 Å². The monoisotopic (exact) mass is 452 g/mol. The topological polar surface area (TPSA) is 77.5 Å². The molecule has 3 aromatic heterocycles. The molecular formula is C26H24N6O2. The summed E-state index contributed by atoms with van der Waals surface area (Å²) in [6, 6.07) is 23.9. The Morgan fingerprint density at radius 3 is 2.47 bits per heavy atom. The number of hydrogen-bond donors (Lipinski definition) is 0. The van der Waals surface area contributed by atoms with Gasteiger partial charge in [-0.3, -0.25) is 0 Å². The number of carbonyl (C=O) groups excluding carboxylic acids is 1. The van der Waals surface area contributed by atoms with Crippen LogP contribution in [0.2, 0.25) is 0 Å². The molecule has 8 nitrogen and oxygen atoms in total. The third-order valence-electron chi connectivity index (χ3n) is 5.47. The van der Waals surface area contributed by atoms with Crippen molar-refractivity contribution >= 4 is 17.4 Å². The van der Waals surface area contributed by atoms with Crippen molar-refractivity contribution < 1.29 is 9.53 Å². The molecule has 170 valence electrons. The van der Waals surface area contributed by atoms with E-state index in [2.05, 4.69) is 22.1 Å². The molecule has 8 heteroatoms. The molecule has 34 heavy (non-hydrogen) atoms. The molecule has 0 aliphatic carbocycles. The Morgan fingerprint density at radius 2 is 1.74 bits per heavy atom. The van der Waals surface area contributed by atoms with Gasteiger partial charge in [-0.25, -0.2) is 14.5 Å². The first-order valence-electron chi connectivity index (χ1n) is 11.1. The first kappa shape index (κ1) is 21.4. The van der Waals surface area contributed by atoms with Crippen LogP contribution in [-0.2, 0) is 11.3 Å². The zero-order valence-electron chi connectivity index (χ0n) is 19.0. The largest absolute Gasteiger partial charge is 0.462 e. The van der Waals surface area contributed by atoms with Crippen LogP contribution in [0, 0.1) is 0 Å². The molecule has 0 aliphatic rings. The van der Waals surface area contributed by atoms with Crippen molar-refractivity contribution in [1.82, 2.24) is 24.4 Å². The minimum Gasteiger partial charge on any atom is -0.462 e. The number of esters is 1. The number of aromatic nitrogens is 5. The second kappa shape index (κ2) is 9.19. The van der Waals surface area contributed by atoms with Crippen LogP contribution in [-0.4, -0.2) is 44.0 Å². The predicted molar refractivity (Wildman–Crippen MR) is 130 cm³/mol. The fourth-order valence-electron chi connectivity index (χ4n) is 3.83. The molecule has 0 spiro atoms. The zero-order valence-corrected chi connectivity index (χ0v) is 19.0. The Labute approximate surface area is 197 Å². The van der Waals surface area contributed by atoms with Crippen LogP contribution in [0.25, 0.3) is 22.7 Å². The SMILES string of the molecule is CCOC(=O)c1cnn2c(N(C)Cc3ccccc3)cc(-c3ccn(-c4ccccc4)n3)nc12. The van der Waals surface area contributed by atoms with Crippen molar-refractivity contribution in [1.29, 1.82) is 0 Å². The normalized spacial score (nSPS) is 11.0. The summed E-state index contributed by atoms with van der Waals surface area (Å²) in [6.07, 6.45) is 3.40. The lowest BCUT2D eigenvalue weighted by atomic mass is 10.2. The summed E-state index contributed by atoms with van der Waals surface area (Å²) >= 11 is 0. The Hall–Kier alpha value is -4.46. The first-order valence-corrected chi connectivity index (χ1v) is 11.1. The number of fused-ring (bicyclic) bond motifs is 1. The number of ether oxygens (including phenoxy) is 1. The van der Waals surface area contributed by atoms with Gasteiger partial charge in [0.1, 0.15) is 17.1 Å². The maximum absolute atomic E-state index is 12.6. The number of nitrogens with zero attached hydrogens (tertiary/aromatic N) is 6. The van der Waals surface area contributed by atoms with E-state index in [1.165, 1.54) is 6.20 Å². The van der Waals surface area contributed by atoms with E-state index in [4.69, 9.17) is 14.8 Å². The van der Waals surface area contributed by atoms with Gasteiger partial charge >= 0.3 is 5.97 Å². The average molecular weight is 453 g/mol. The highest BCUT2D eigenvalue weighted by atomic mass is 16.5. The molecule has 0 N–H and O–H groups in total. The van der Waals surface area contributed by atoms with Crippen LogP contribution in [0.3, 0.4) is 0 Å². The van der Waals surface area contributed by atoms with Gasteiger partial charge in [0.15, 0.2) is 5.65 Å². The van der Waals surface area contributed by atoms with E-state index < -0.39 is 5.97 Å². The molecular weight excluding hydrogens is 428 g/mol. The Kier molecular flexibility index (Phi) is 5.78. The third kappa shape index (κ3) is 4.13. The summed E-state index contributed by atoms with van der Waals surface area (Å²) in [6.45, 7) is 2.71. The number of anilines is 1. The number of para-hydroxylation sites is 1. The molecule has 0 unspecified atom stereocenters. The molecule has 0 fully saturated rings. The average Bonchev–Trinajstić information content (AvgIpc) is 3.52. The number of benzene rings is 2. The summed E-state index contributed by atoms with van der Waals surface area (Å²) in [7, 11) is 1.99. The van der Waals surface area contributed by atoms with Crippen molar-refractivity contribution in [3.63, 3.8) is 0 Å². The number of carbonyl (C=O) groups is 1. The van der Waals surface area contributed by atoms with Crippen LogP contribution in [0.15, 0.2) is 85.2 Å². The number of rotatable bonds is 7. The maximum atomic E-state index is 12.6. The second-order valence-electron chi connectivity index (χ2n) is 7.84. The summed E-state index contributed by atoms with van der Waals surface area (Å²) in [5.74, 6) is 0.335. The van der Waals surface area contributed by atoms with E-state index in [0.29, 0.717) is 29.1 Å². The molecule has 5 aromatic rings. The van der Waals surface area contributed by atoms with Crippen molar-refractivity contribution in [2.24, 2.45) is 0 Å². The molecule has 3 heterocycles. The number of hydrogen-bond acceptors (Lipinski definition) is 6. The van der Waals surface area contributed by atoms with Gasteiger partial charge in [0, 0.05) is 25.9 Å². The highest BCUT2D eigenvalue weighted by Gasteiger charge is 2.21. The summed E-state index contributed by atoms with van der Waals surface area (Å²) in [4.78, 5) is 19.4. The second-order valence-corrected chi connectivity index (χ2v) is 7.84. The van der Waals surface area contributed by atoms with E-state index in [0.717, 1.165) is 17.1 Å². The van der Waals surface area contributed by atoms with Crippen molar-refractivity contribution in [2.75, 3.05) is 18.6 Å². The van der Waals surface area contributed by atoms with Crippen LogP contribution >= 0.6 is 0 Å². The highest BCUT2D eigenvalue weighted by molar-refractivity contribution is 5.96. The van der Waals surface area contributed by atoms with Gasteiger partial charge in [0.2, 0.25) is 0 Å². The molecule has 0 aliphatic heterocycles. The standard InChI is InChI=1S/C26H24N6O2/c1-3-34-26(33)21-17-27-32-24(30(2)18-19-10-6-4-7-11-19)16-23(28-25(21)32)22-14-15-31(29-22)20-12-8-5-9-13-20/h4-17H,3,18H2,1-2H3. The lowest BCUT2D eigenvalue weighted by Crippen LogP contribution is -2.20. The predicted octanol–water partition coefficient (Wildman–Crippen LogP) is 4.40. The molecule has 0 radical (unpaired) electrons. The fourth-order valence-corrected chi connectivity index (χ4v) is 3.83. The third-order valence-corrected chi connectivity index (χ3v) is 5.47. The Bertz CT molecular complexity index is 1430. The van der Waals surface area contributed by atoms with Gasteiger partial charge in [-0.2, -0.15) is 14.7 Å². The van der Waals surface area contributed by atoms with Gasteiger partial charge in [-0.05, 0) is 30.7 Å². The first-order chi connectivity index (χ1) is 16.6. The highest BCUT2D eigenvalue weighted by Crippen LogP contribution is 2.26. The van der Waals surface area contributed by atoms with E-state index in [1.807, 2.05) is 73.9 Å². The Morgan fingerprint density at radius 1 is 1.00 bits per heavy atom. The lowest BCUT2D eigenvalue weighted by molar-refractivity contribution is 0.0528. The van der Waals surface area contributed by atoms with E-state index in [1.54, 1.807) is 16.1 Å². The van der Waals surface area contributed by atoms with Gasteiger partial charge in [-0.1, -0.05) is 48.5 Å². The quantitative estimate of drug-likeness (QED) is 0.341. The Balaban J connectivity index is 1.61. The molecule has 0 bridgehead atoms. The smallest absolute Gasteiger partial charge is 0.343 e. The minimum absolute atomic E-state index is 0.276. The van der Waals surface area contributed by atoms with E-state index >= 15 is 0 Å². The van der Waals surface area contributed by atoms with Crippen LogP contribution < -0.4 is 4.90 Å². The molecule has 0 amide bonds. The molecule has 0 saturated carbocycles. The zero-order chi connectivity index (χ0) is 23.5. The molecule has 5 rings (SSSR count). The van der Waals surface area contributed by atoms with E-state index in [9.17, 15) is 4.79 Å². The summed E-state index contributed by atoms with van der Waals surface area (Å²) in [5.41, 5.74) is 4.19.